The first-order chi connectivity index (χ1) is 6.24. The SMILES string of the molecule is COC(=O)NCC1CCCCN1C. The first-order valence-corrected chi connectivity index (χ1v) is 4.76. The average molecular weight is 186 g/mol. The van der Waals surface area contributed by atoms with Crippen molar-refractivity contribution in [2.75, 3.05) is 27.2 Å². The van der Waals surface area contributed by atoms with Crippen molar-refractivity contribution in [3.8, 4) is 0 Å². The first-order valence-electron chi connectivity index (χ1n) is 4.76. The third kappa shape index (κ3) is 3.22. The highest BCUT2D eigenvalue weighted by molar-refractivity contribution is 5.66. The summed E-state index contributed by atoms with van der Waals surface area (Å²) in [4.78, 5) is 13.1. The summed E-state index contributed by atoms with van der Waals surface area (Å²) in [5.74, 6) is 0. The van der Waals surface area contributed by atoms with Crippen molar-refractivity contribution in [1.82, 2.24) is 10.2 Å². The Balaban J connectivity index is 2.22. The van der Waals surface area contributed by atoms with Crippen molar-refractivity contribution in [2.45, 2.75) is 25.3 Å². The molecule has 0 radical (unpaired) electrons. The number of carbonyl (C=O) groups excluding carboxylic acids is 1. The van der Waals surface area contributed by atoms with Crippen LogP contribution < -0.4 is 5.32 Å². The zero-order valence-electron chi connectivity index (χ0n) is 8.38. The van der Waals surface area contributed by atoms with Gasteiger partial charge >= 0.3 is 6.09 Å². The molecule has 1 rings (SSSR count). The Morgan fingerprint density at radius 3 is 3.00 bits per heavy atom. The Bertz CT molecular complexity index is 173. The number of amides is 1. The van der Waals surface area contributed by atoms with E-state index in [1.807, 2.05) is 0 Å². The normalized spacial score (nSPS) is 24.0. The zero-order chi connectivity index (χ0) is 9.68. The molecule has 1 atom stereocenters. The molecule has 0 saturated carbocycles. The maximum Gasteiger partial charge on any atom is 0.406 e. The van der Waals surface area contributed by atoms with Crippen LogP contribution in [-0.2, 0) is 4.74 Å². The standard InChI is InChI=1S/C9H18N2O2/c1-11-6-4-3-5-8(11)7-10-9(12)13-2/h8H,3-7H2,1-2H3,(H,10,12). The number of piperidine rings is 1. The highest BCUT2D eigenvalue weighted by Crippen LogP contribution is 2.13. The van der Waals surface area contributed by atoms with Gasteiger partial charge in [-0.1, -0.05) is 6.42 Å². The van der Waals surface area contributed by atoms with E-state index in [1.54, 1.807) is 0 Å². The number of rotatable bonds is 2. The zero-order valence-corrected chi connectivity index (χ0v) is 8.38. The Morgan fingerprint density at radius 2 is 2.38 bits per heavy atom. The molecule has 1 saturated heterocycles. The fourth-order valence-electron chi connectivity index (χ4n) is 1.68. The van der Waals surface area contributed by atoms with Crippen LogP contribution in [0.4, 0.5) is 4.79 Å². The second kappa shape index (κ2) is 5.07. The van der Waals surface area contributed by atoms with Gasteiger partial charge in [0.15, 0.2) is 0 Å². The fourth-order valence-corrected chi connectivity index (χ4v) is 1.68. The topological polar surface area (TPSA) is 41.6 Å². The van der Waals surface area contributed by atoms with Crippen molar-refractivity contribution in [1.29, 1.82) is 0 Å². The van der Waals surface area contributed by atoms with Crippen LogP contribution in [0.5, 0.6) is 0 Å². The highest BCUT2D eigenvalue weighted by Gasteiger charge is 2.18. The summed E-state index contributed by atoms with van der Waals surface area (Å²) in [5, 5.41) is 2.73. The number of methoxy groups -OCH3 is 1. The van der Waals surface area contributed by atoms with E-state index in [0.717, 1.165) is 6.54 Å². The first kappa shape index (κ1) is 10.3. The Hall–Kier alpha value is -0.770. The van der Waals surface area contributed by atoms with Crippen molar-refractivity contribution < 1.29 is 9.53 Å². The lowest BCUT2D eigenvalue weighted by atomic mass is 10.0. The van der Waals surface area contributed by atoms with E-state index in [9.17, 15) is 4.79 Å². The van der Waals surface area contributed by atoms with Crippen LogP contribution in [0, 0.1) is 0 Å². The molecule has 0 spiro atoms. The van der Waals surface area contributed by atoms with Crippen molar-refractivity contribution in [2.24, 2.45) is 0 Å². The predicted molar refractivity (Wildman–Crippen MR) is 50.7 cm³/mol. The third-order valence-electron chi connectivity index (χ3n) is 2.59. The van der Waals surface area contributed by atoms with Crippen molar-refractivity contribution >= 4 is 6.09 Å². The van der Waals surface area contributed by atoms with Crippen LogP contribution in [0.25, 0.3) is 0 Å². The van der Waals surface area contributed by atoms with E-state index < -0.39 is 0 Å². The molecule has 76 valence electrons. The van der Waals surface area contributed by atoms with Gasteiger partial charge in [-0.15, -0.1) is 0 Å². The third-order valence-corrected chi connectivity index (χ3v) is 2.59. The van der Waals surface area contributed by atoms with E-state index in [0.29, 0.717) is 12.6 Å². The molecule has 4 heteroatoms. The van der Waals surface area contributed by atoms with Gasteiger partial charge in [-0.25, -0.2) is 4.79 Å². The van der Waals surface area contributed by atoms with Crippen LogP contribution in [-0.4, -0.2) is 44.3 Å². The lowest BCUT2D eigenvalue weighted by Gasteiger charge is -2.32. The van der Waals surface area contributed by atoms with Crippen LogP contribution >= 0.6 is 0 Å². The van der Waals surface area contributed by atoms with Crippen LogP contribution in [0.1, 0.15) is 19.3 Å². The Kier molecular flexibility index (Phi) is 4.02. The molecule has 1 fully saturated rings. The predicted octanol–water partition coefficient (Wildman–Crippen LogP) is 0.827. The fraction of sp³-hybridized carbons (Fsp3) is 0.889. The van der Waals surface area contributed by atoms with E-state index in [-0.39, 0.29) is 6.09 Å². The molecule has 0 aliphatic carbocycles. The molecule has 13 heavy (non-hydrogen) atoms. The number of ether oxygens (including phenoxy) is 1. The molecule has 1 unspecified atom stereocenters. The van der Waals surface area contributed by atoms with Gasteiger partial charge in [0, 0.05) is 12.6 Å². The van der Waals surface area contributed by atoms with Gasteiger partial charge in [-0.3, -0.25) is 0 Å². The second-order valence-corrected chi connectivity index (χ2v) is 3.50. The van der Waals surface area contributed by atoms with Crippen LogP contribution in [0.3, 0.4) is 0 Å². The molecule has 1 N–H and O–H groups in total. The summed E-state index contributed by atoms with van der Waals surface area (Å²) >= 11 is 0. The van der Waals surface area contributed by atoms with E-state index in [4.69, 9.17) is 0 Å². The number of nitrogens with zero attached hydrogens (tertiary/aromatic N) is 1. The summed E-state index contributed by atoms with van der Waals surface area (Å²) < 4.78 is 4.51. The van der Waals surface area contributed by atoms with Gasteiger partial charge in [0.25, 0.3) is 0 Å². The van der Waals surface area contributed by atoms with Crippen molar-refractivity contribution in [3.05, 3.63) is 0 Å². The van der Waals surface area contributed by atoms with E-state index >= 15 is 0 Å². The van der Waals surface area contributed by atoms with Gasteiger partial charge in [0.05, 0.1) is 7.11 Å². The van der Waals surface area contributed by atoms with Gasteiger partial charge in [-0.05, 0) is 26.4 Å². The molecule has 0 aromatic heterocycles. The van der Waals surface area contributed by atoms with Gasteiger partial charge in [0.2, 0.25) is 0 Å². The Labute approximate surface area is 79.2 Å². The second-order valence-electron chi connectivity index (χ2n) is 3.50. The molecule has 1 amide bonds. The monoisotopic (exact) mass is 186 g/mol. The van der Waals surface area contributed by atoms with E-state index in [2.05, 4.69) is 22.0 Å². The smallest absolute Gasteiger partial charge is 0.406 e. The minimum Gasteiger partial charge on any atom is -0.453 e. The number of hydrogen-bond donors (Lipinski definition) is 1. The molecule has 0 aromatic rings. The molecule has 4 nitrogen and oxygen atoms in total. The minimum atomic E-state index is -0.334. The lowest BCUT2D eigenvalue weighted by Crippen LogP contribution is -2.44. The van der Waals surface area contributed by atoms with Gasteiger partial charge in [-0.2, -0.15) is 0 Å². The molecule has 1 aliphatic heterocycles. The molecule has 0 aromatic carbocycles. The summed E-state index contributed by atoms with van der Waals surface area (Å²) in [7, 11) is 3.49. The quantitative estimate of drug-likeness (QED) is 0.694. The lowest BCUT2D eigenvalue weighted by molar-refractivity contribution is 0.153. The highest BCUT2D eigenvalue weighted by atomic mass is 16.5. The minimum absolute atomic E-state index is 0.334. The summed E-state index contributed by atoms with van der Waals surface area (Å²) in [6.45, 7) is 1.83. The Morgan fingerprint density at radius 1 is 1.62 bits per heavy atom. The molecule has 0 bridgehead atoms. The summed E-state index contributed by atoms with van der Waals surface area (Å²) in [5.41, 5.74) is 0. The molecule has 1 aliphatic rings. The maximum absolute atomic E-state index is 10.8. The van der Waals surface area contributed by atoms with Crippen LogP contribution in [0.15, 0.2) is 0 Å². The average Bonchev–Trinajstić information content (AvgIpc) is 2.16. The summed E-state index contributed by atoms with van der Waals surface area (Å²) in [6, 6.07) is 0.479. The number of nitrogens with one attached hydrogen (secondary N) is 1. The number of carbonyl (C=O) groups is 1. The largest absolute Gasteiger partial charge is 0.453 e. The summed E-state index contributed by atoms with van der Waals surface area (Å²) in [6.07, 6.45) is 3.36. The van der Waals surface area contributed by atoms with Crippen LogP contribution in [0.2, 0.25) is 0 Å². The molecule has 1 heterocycles. The number of hydrogen-bond acceptors (Lipinski definition) is 3. The number of likely N-dealkylation sites (tertiary alicyclic amines) is 1. The number of likely N-dealkylation sites (N-methyl/N-ethyl adjacent to an activating group) is 1. The van der Waals surface area contributed by atoms with Crippen molar-refractivity contribution in [3.63, 3.8) is 0 Å². The van der Waals surface area contributed by atoms with Gasteiger partial charge < -0.3 is 15.0 Å². The molecular weight excluding hydrogens is 168 g/mol. The molecular formula is C9H18N2O2. The van der Waals surface area contributed by atoms with Gasteiger partial charge in [0.1, 0.15) is 0 Å². The van der Waals surface area contributed by atoms with E-state index in [1.165, 1.54) is 26.4 Å². The maximum atomic E-state index is 10.8. The number of alkyl carbamates (subject to hydrolysis) is 1.